The lowest BCUT2D eigenvalue weighted by Crippen LogP contribution is -1.81. The van der Waals surface area contributed by atoms with Crippen LogP contribution in [0.3, 0.4) is 0 Å². The van der Waals surface area contributed by atoms with Crippen molar-refractivity contribution in [2.75, 3.05) is 7.11 Å². The molecule has 0 spiro atoms. The van der Waals surface area contributed by atoms with Crippen LogP contribution < -0.4 is 4.74 Å². The molecule has 0 amide bonds. The van der Waals surface area contributed by atoms with Crippen LogP contribution in [-0.4, -0.2) is 7.11 Å². The second-order valence-corrected chi connectivity index (χ2v) is 5.91. The van der Waals surface area contributed by atoms with E-state index in [0.29, 0.717) is 0 Å². The van der Waals surface area contributed by atoms with E-state index in [9.17, 15) is 0 Å². The van der Waals surface area contributed by atoms with E-state index < -0.39 is 0 Å². The highest BCUT2D eigenvalue weighted by atomic mass is 16.5. The number of benzene rings is 4. The first-order valence-corrected chi connectivity index (χ1v) is 8.06. The summed E-state index contributed by atoms with van der Waals surface area (Å²) in [6.07, 6.45) is 4.28. The molecule has 0 aliphatic heterocycles. The number of hydrogen-bond donors (Lipinski definition) is 0. The summed E-state index contributed by atoms with van der Waals surface area (Å²) in [5.41, 5.74) is 2.36. The number of rotatable bonds is 3. The smallest absolute Gasteiger partial charge is 0.118 e. The minimum Gasteiger partial charge on any atom is -0.497 e. The van der Waals surface area contributed by atoms with E-state index in [0.717, 1.165) is 11.3 Å². The Kier molecular flexibility index (Phi) is 3.76. The van der Waals surface area contributed by atoms with Gasteiger partial charge in [0, 0.05) is 0 Å². The molecule has 0 aromatic heterocycles. The third-order valence-electron chi connectivity index (χ3n) is 4.31. The Morgan fingerprint density at radius 3 is 1.88 bits per heavy atom. The van der Waals surface area contributed by atoms with Gasteiger partial charge in [0.15, 0.2) is 0 Å². The average Bonchev–Trinajstić information content (AvgIpc) is 2.65. The fourth-order valence-corrected chi connectivity index (χ4v) is 2.97. The molecule has 24 heavy (non-hydrogen) atoms. The standard InChI is InChI=1S/C23H18O/c1-24-23-12-9-17(10-13-23)6-7-18-8-11-21-15-19-4-2-3-5-20(19)16-22(21)14-18/h2-16H,1H3/b7-6-. The molecule has 0 heterocycles. The predicted octanol–water partition coefficient (Wildman–Crippen LogP) is 6.17. The normalized spacial score (nSPS) is 11.4. The maximum atomic E-state index is 5.19. The molecule has 116 valence electrons. The largest absolute Gasteiger partial charge is 0.497 e. The molecule has 0 aliphatic rings. The van der Waals surface area contributed by atoms with Crippen LogP contribution in [0, 0.1) is 0 Å². The van der Waals surface area contributed by atoms with Crippen molar-refractivity contribution in [2.24, 2.45) is 0 Å². The Morgan fingerprint density at radius 2 is 1.17 bits per heavy atom. The molecular formula is C23H18O. The van der Waals surface area contributed by atoms with E-state index in [4.69, 9.17) is 4.74 Å². The second kappa shape index (κ2) is 6.21. The van der Waals surface area contributed by atoms with Gasteiger partial charge >= 0.3 is 0 Å². The van der Waals surface area contributed by atoms with Crippen molar-refractivity contribution in [1.29, 1.82) is 0 Å². The average molecular weight is 310 g/mol. The monoisotopic (exact) mass is 310 g/mol. The van der Waals surface area contributed by atoms with E-state index in [1.165, 1.54) is 27.1 Å². The molecule has 4 rings (SSSR count). The summed E-state index contributed by atoms with van der Waals surface area (Å²) in [7, 11) is 1.68. The van der Waals surface area contributed by atoms with Crippen molar-refractivity contribution >= 4 is 33.7 Å². The summed E-state index contributed by atoms with van der Waals surface area (Å²) in [6.45, 7) is 0. The lowest BCUT2D eigenvalue weighted by atomic mass is 10.0. The van der Waals surface area contributed by atoms with E-state index in [1.807, 2.05) is 12.1 Å². The molecule has 1 nitrogen and oxygen atoms in total. The Bertz CT molecular complexity index is 1030. The van der Waals surface area contributed by atoms with Gasteiger partial charge in [-0.1, -0.05) is 60.7 Å². The molecular weight excluding hydrogens is 292 g/mol. The number of methoxy groups -OCH3 is 1. The quantitative estimate of drug-likeness (QED) is 0.325. The second-order valence-electron chi connectivity index (χ2n) is 5.91. The van der Waals surface area contributed by atoms with Crippen molar-refractivity contribution in [2.45, 2.75) is 0 Å². The third-order valence-corrected chi connectivity index (χ3v) is 4.31. The zero-order chi connectivity index (χ0) is 16.4. The first-order chi connectivity index (χ1) is 11.8. The van der Waals surface area contributed by atoms with Crippen LogP contribution in [0.25, 0.3) is 33.7 Å². The Labute approximate surface area is 141 Å². The van der Waals surface area contributed by atoms with E-state index >= 15 is 0 Å². The van der Waals surface area contributed by atoms with Gasteiger partial charge in [0.05, 0.1) is 7.11 Å². The maximum Gasteiger partial charge on any atom is 0.118 e. The first kappa shape index (κ1) is 14.5. The zero-order valence-corrected chi connectivity index (χ0v) is 13.6. The number of hydrogen-bond acceptors (Lipinski definition) is 1. The molecule has 0 unspecified atom stereocenters. The summed E-state index contributed by atoms with van der Waals surface area (Å²) >= 11 is 0. The molecule has 1 heteroatoms. The van der Waals surface area contributed by atoms with E-state index in [2.05, 4.69) is 78.9 Å². The van der Waals surface area contributed by atoms with Gasteiger partial charge in [-0.2, -0.15) is 0 Å². The number of ether oxygens (including phenoxy) is 1. The Morgan fingerprint density at radius 1 is 0.583 bits per heavy atom. The van der Waals surface area contributed by atoms with Gasteiger partial charge in [-0.05, 0) is 63.0 Å². The predicted molar refractivity (Wildman–Crippen MR) is 103 cm³/mol. The van der Waals surface area contributed by atoms with Gasteiger partial charge in [-0.3, -0.25) is 0 Å². The van der Waals surface area contributed by atoms with Crippen molar-refractivity contribution in [3.05, 3.63) is 90.0 Å². The molecule has 0 aliphatic carbocycles. The van der Waals surface area contributed by atoms with Gasteiger partial charge < -0.3 is 4.74 Å². The first-order valence-electron chi connectivity index (χ1n) is 8.06. The van der Waals surface area contributed by atoms with Gasteiger partial charge in [-0.25, -0.2) is 0 Å². The summed E-state index contributed by atoms with van der Waals surface area (Å²) in [6, 6.07) is 27.7. The van der Waals surface area contributed by atoms with Crippen LogP contribution in [0.2, 0.25) is 0 Å². The van der Waals surface area contributed by atoms with Crippen LogP contribution in [-0.2, 0) is 0 Å². The molecule has 4 aromatic carbocycles. The summed E-state index contributed by atoms with van der Waals surface area (Å²) in [4.78, 5) is 0. The highest BCUT2D eigenvalue weighted by Gasteiger charge is 1.98. The summed E-state index contributed by atoms with van der Waals surface area (Å²) < 4.78 is 5.19. The fraction of sp³-hybridized carbons (Fsp3) is 0.0435. The molecule has 4 aromatic rings. The molecule has 0 fully saturated rings. The summed E-state index contributed by atoms with van der Waals surface area (Å²) in [5, 5.41) is 5.11. The van der Waals surface area contributed by atoms with Crippen molar-refractivity contribution < 1.29 is 4.74 Å². The van der Waals surface area contributed by atoms with E-state index in [-0.39, 0.29) is 0 Å². The highest BCUT2D eigenvalue weighted by molar-refractivity contribution is 5.99. The SMILES string of the molecule is COc1ccc(/C=C\c2ccc3cc4ccccc4cc3c2)cc1. The Hall–Kier alpha value is -3.06. The van der Waals surface area contributed by atoms with Gasteiger partial charge in [0.1, 0.15) is 5.75 Å². The Balaban J connectivity index is 1.68. The van der Waals surface area contributed by atoms with Gasteiger partial charge in [0.25, 0.3) is 0 Å². The van der Waals surface area contributed by atoms with Crippen LogP contribution >= 0.6 is 0 Å². The van der Waals surface area contributed by atoms with Crippen LogP contribution in [0.15, 0.2) is 78.9 Å². The maximum absolute atomic E-state index is 5.19. The minimum atomic E-state index is 0.879. The summed E-state index contributed by atoms with van der Waals surface area (Å²) in [5.74, 6) is 0.879. The zero-order valence-electron chi connectivity index (χ0n) is 13.6. The topological polar surface area (TPSA) is 9.23 Å². The van der Waals surface area contributed by atoms with Crippen LogP contribution in [0.4, 0.5) is 0 Å². The van der Waals surface area contributed by atoms with Gasteiger partial charge in [0.2, 0.25) is 0 Å². The van der Waals surface area contributed by atoms with E-state index in [1.54, 1.807) is 7.11 Å². The third kappa shape index (κ3) is 2.89. The molecule has 0 radical (unpaired) electrons. The lowest BCUT2D eigenvalue weighted by Gasteiger charge is -2.04. The molecule has 0 N–H and O–H groups in total. The molecule has 0 atom stereocenters. The van der Waals surface area contributed by atoms with Crippen LogP contribution in [0.5, 0.6) is 5.75 Å². The van der Waals surface area contributed by atoms with Crippen LogP contribution in [0.1, 0.15) is 11.1 Å². The highest BCUT2D eigenvalue weighted by Crippen LogP contribution is 2.24. The van der Waals surface area contributed by atoms with Crippen molar-refractivity contribution in [3.8, 4) is 5.75 Å². The molecule has 0 bridgehead atoms. The van der Waals surface area contributed by atoms with Crippen molar-refractivity contribution in [3.63, 3.8) is 0 Å². The minimum absolute atomic E-state index is 0.879. The molecule has 0 saturated carbocycles. The van der Waals surface area contributed by atoms with Gasteiger partial charge in [-0.15, -0.1) is 0 Å². The van der Waals surface area contributed by atoms with Crippen molar-refractivity contribution in [1.82, 2.24) is 0 Å². The lowest BCUT2D eigenvalue weighted by molar-refractivity contribution is 0.415. The molecule has 0 saturated heterocycles. The fourth-order valence-electron chi connectivity index (χ4n) is 2.97. The number of fused-ring (bicyclic) bond motifs is 2.